The summed E-state index contributed by atoms with van der Waals surface area (Å²) in [4.78, 5) is 8.94. The molecule has 0 aliphatic rings. The zero-order valence-electron chi connectivity index (χ0n) is 12.5. The first kappa shape index (κ1) is 14.0. The zero-order chi connectivity index (χ0) is 15.8. The Morgan fingerprint density at radius 3 is 2.74 bits per heavy atom. The minimum absolute atomic E-state index is 0.522. The summed E-state index contributed by atoms with van der Waals surface area (Å²) in [5.74, 6) is 0.522. The Morgan fingerprint density at radius 1 is 1.00 bits per heavy atom. The highest BCUT2D eigenvalue weighted by Gasteiger charge is 2.13. The van der Waals surface area contributed by atoms with Crippen LogP contribution in [0, 0.1) is 6.92 Å². The van der Waals surface area contributed by atoms with Crippen molar-refractivity contribution in [1.29, 1.82) is 0 Å². The molecule has 0 aliphatic heterocycles. The van der Waals surface area contributed by atoms with E-state index >= 15 is 0 Å². The molecular formula is C19H13ClN2O. The molecule has 0 unspecified atom stereocenters. The van der Waals surface area contributed by atoms with Crippen molar-refractivity contribution in [3.8, 4) is 22.7 Å². The second-order valence-corrected chi connectivity index (χ2v) is 5.81. The summed E-state index contributed by atoms with van der Waals surface area (Å²) in [7, 11) is 0. The average molecular weight is 321 g/mol. The Hall–Kier alpha value is -2.65. The summed E-state index contributed by atoms with van der Waals surface area (Å²) < 4.78 is 5.86. The van der Waals surface area contributed by atoms with Gasteiger partial charge in [-0.3, -0.25) is 4.98 Å². The third kappa shape index (κ3) is 2.60. The number of oxazole rings is 1. The SMILES string of the molecule is Cc1ccc2oc(-c3cc(-c4ccccn4)ccc3Cl)nc2c1. The number of nitrogens with zero attached hydrogens (tertiary/aromatic N) is 2. The summed E-state index contributed by atoms with van der Waals surface area (Å²) in [6.07, 6.45) is 1.77. The first-order chi connectivity index (χ1) is 11.2. The van der Waals surface area contributed by atoms with Crippen LogP contribution in [0.25, 0.3) is 33.8 Å². The van der Waals surface area contributed by atoms with E-state index in [1.807, 2.05) is 61.5 Å². The van der Waals surface area contributed by atoms with Gasteiger partial charge in [0.2, 0.25) is 5.89 Å². The fourth-order valence-electron chi connectivity index (χ4n) is 2.53. The maximum Gasteiger partial charge on any atom is 0.228 e. The second-order valence-electron chi connectivity index (χ2n) is 5.40. The van der Waals surface area contributed by atoms with Gasteiger partial charge in [0.15, 0.2) is 5.58 Å². The van der Waals surface area contributed by atoms with Crippen molar-refractivity contribution >= 4 is 22.7 Å². The summed E-state index contributed by atoms with van der Waals surface area (Å²) in [6, 6.07) is 17.5. The van der Waals surface area contributed by atoms with Crippen LogP contribution in [0.5, 0.6) is 0 Å². The number of fused-ring (bicyclic) bond motifs is 1. The van der Waals surface area contributed by atoms with Crippen molar-refractivity contribution in [2.45, 2.75) is 6.92 Å². The maximum atomic E-state index is 6.36. The van der Waals surface area contributed by atoms with E-state index < -0.39 is 0 Å². The second kappa shape index (κ2) is 5.52. The smallest absolute Gasteiger partial charge is 0.228 e. The number of hydrogen-bond acceptors (Lipinski definition) is 3. The predicted octanol–water partition coefficient (Wildman–Crippen LogP) is 5.52. The van der Waals surface area contributed by atoms with Gasteiger partial charge < -0.3 is 4.42 Å². The van der Waals surface area contributed by atoms with Crippen molar-refractivity contribution in [2.75, 3.05) is 0 Å². The highest BCUT2D eigenvalue weighted by Crippen LogP contribution is 2.33. The summed E-state index contributed by atoms with van der Waals surface area (Å²) >= 11 is 6.36. The van der Waals surface area contributed by atoms with E-state index in [9.17, 15) is 0 Å². The van der Waals surface area contributed by atoms with Crippen LogP contribution in [0.15, 0.2) is 65.2 Å². The molecule has 0 amide bonds. The van der Waals surface area contributed by atoms with Crippen LogP contribution in [0.2, 0.25) is 5.02 Å². The molecule has 3 nitrogen and oxygen atoms in total. The largest absolute Gasteiger partial charge is 0.436 e. The van der Waals surface area contributed by atoms with Crippen LogP contribution in [0.3, 0.4) is 0 Å². The Bertz CT molecular complexity index is 993. The molecule has 2 aromatic carbocycles. The van der Waals surface area contributed by atoms with Crippen LogP contribution in [0.4, 0.5) is 0 Å². The van der Waals surface area contributed by atoms with E-state index in [4.69, 9.17) is 16.0 Å². The van der Waals surface area contributed by atoms with Crippen LogP contribution < -0.4 is 0 Å². The maximum absolute atomic E-state index is 6.36. The third-order valence-corrected chi connectivity index (χ3v) is 4.03. The van der Waals surface area contributed by atoms with E-state index in [0.29, 0.717) is 10.9 Å². The Balaban J connectivity index is 1.86. The van der Waals surface area contributed by atoms with Gasteiger partial charge in [0.1, 0.15) is 5.52 Å². The lowest BCUT2D eigenvalue weighted by atomic mass is 10.1. The quantitative estimate of drug-likeness (QED) is 0.488. The minimum atomic E-state index is 0.522. The standard InChI is InChI=1S/C19H13ClN2O/c1-12-5-8-18-17(10-12)22-19(23-18)14-11-13(6-7-15(14)20)16-4-2-3-9-21-16/h2-11H,1H3. The molecule has 0 radical (unpaired) electrons. The van der Waals surface area contributed by atoms with E-state index in [-0.39, 0.29) is 0 Å². The third-order valence-electron chi connectivity index (χ3n) is 3.70. The molecule has 4 heteroatoms. The van der Waals surface area contributed by atoms with Gasteiger partial charge >= 0.3 is 0 Å². The molecule has 0 N–H and O–H groups in total. The zero-order valence-corrected chi connectivity index (χ0v) is 13.2. The molecule has 0 atom stereocenters. The highest BCUT2D eigenvalue weighted by molar-refractivity contribution is 6.33. The topological polar surface area (TPSA) is 38.9 Å². The fraction of sp³-hybridized carbons (Fsp3) is 0.0526. The van der Waals surface area contributed by atoms with Crippen molar-refractivity contribution in [2.24, 2.45) is 0 Å². The molecule has 0 spiro atoms. The first-order valence-corrected chi connectivity index (χ1v) is 7.67. The Labute approximate surface area is 138 Å². The molecule has 0 bridgehead atoms. The number of hydrogen-bond donors (Lipinski definition) is 0. The average Bonchev–Trinajstić information content (AvgIpc) is 2.99. The van der Waals surface area contributed by atoms with Gasteiger partial charge in [0.25, 0.3) is 0 Å². The van der Waals surface area contributed by atoms with Crippen molar-refractivity contribution in [1.82, 2.24) is 9.97 Å². The summed E-state index contributed by atoms with van der Waals surface area (Å²) in [5, 5.41) is 0.605. The van der Waals surface area contributed by atoms with Gasteiger partial charge in [-0.2, -0.15) is 0 Å². The molecular weight excluding hydrogens is 308 g/mol. The number of benzene rings is 2. The van der Waals surface area contributed by atoms with Gasteiger partial charge in [0.05, 0.1) is 16.3 Å². The number of halogens is 1. The van der Waals surface area contributed by atoms with Gasteiger partial charge in [-0.1, -0.05) is 29.8 Å². The predicted molar refractivity (Wildman–Crippen MR) is 92.4 cm³/mol. The molecule has 112 valence electrons. The lowest BCUT2D eigenvalue weighted by molar-refractivity contribution is 0.620. The Morgan fingerprint density at radius 2 is 1.91 bits per heavy atom. The molecule has 0 saturated carbocycles. The van der Waals surface area contributed by atoms with E-state index in [1.165, 1.54) is 0 Å². The molecule has 4 rings (SSSR count). The lowest BCUT2D eigenvalue weighted by Gasteiger charge is -2.04. The summed E-state index contributed by atoms with van der Waals surface area (Å²) in [5.41, 5.74) is 5.36. The van der Waals surface area contributed by atoms with Gasteiger partial charge in [-0.05, 0) is 48.9 Å². The first-order valence-electron chi connectivity index (χ1n) is 7.29. The highest BCUT2D eigenvalue weighted by atomic mass is 35.5. The molecule has 0 saturated heterocycles. The van der Waals surface area contributed by atoms with Crippen molar-refractivity contribution in [3.63, 3.8) is 0 Å². The minimum Gasteiger partial charge on any atom is -0.436 e. The summed E-state index contributed by atoms with van der Waals surface area (Å²) in [6.45, 7) is 2.03. The van der Waals surface area contributed by atoms with Crippen molar-refractivity contribution < 1.29 is 4.42 Å². The monoisotopic (exact) mass is 320 g/mol. The van der Waals surface area contributed by atoms with Crippen LogP contribution in [-0.2, 0) is 0 Å². The fourth-order valence-corrected chi connectivity index (χ4v) is 2.73. The number of aryl methyl sites for hydroxylation is 1. The van der Waals surface area contributed by atoms with Gasteiger partial charge in [-0.15, -0.1) is 0 Å². The van der Waals surface area contributed by atoms with Gasteiger partial charge in [-0.25, -0.2) is 4.98 Å². The Kier molecular flexibility index (Phi) is 3.36. The van der Waals surface area contributed by atoms with E-state index in [0.717, 1.165) is 33.5 Å². The number of aromatic nitrogens is 2. The van der Waals surface area contributed by atoms with Crippen molar-refractivity contribution in [3.05, 3.63) is 71.4 Å². The number of rotatable bonds is 2. The normalized spacial score (nSPS) is 11.0. The number of pyridine rings is 1. The van der Waals surface area contributed by atoms with Crippen LogP contribution in [0.1, 0.15) is 5.56 Å². The molecule has 2 aromatic heterocycles. The van der Waals surface area contributed by atoms with Crippen LogP contribution >= 0.6 is 11.6 Å². The molecule has 0 fully saturated rings. The molecule has 4 aromatic rings. The lowest BCUT2D eigenvalue weighted by Crippen LogP contribution is -1.85. The molecule has 2 heterocycles. The molecule has 0 aliphatic carbocycles. The van der Waals surface area contributed by atoms with E-state index in [1.54, 1.807) is 6.20 Å². The van der Waals surface area contributed by atoms with Gasteiger partial charge in [0, 0.05) is 11.8 Å². The van der Waals surface area contributed by atoms with E-state index in [2.05, 4.69) is 9.97 Å². The van der Waals surface area contributed by atoms with Crippen LogP contribution in [-0.4, -0.2) is 9.97 Å². The molecule has 23 heavy (non-hydrogen) atoms.